The number of nitrogens with zero attached hydrogens (tertiary/aromatic N) is 3. The molecule has 1 saturated carbocycles. The van der Waals surface area contributed by atoms with Crippen LogP contribution in [0.3, 0.4) is 0 Å². The Bertz CT molecular complexity index is 651. The Balaban J connectivity index is 1.47. The fourth-order valence-corrected chi connectivity index (χ4v) is 5.54. The van der Waals surface area contributed by atoms with Crippen LogP contribution in [0, 0.1) is 11.8 Å². The van der Waals surface area contributed by atoms with Crippen molar-refractivity contribution in [3.63, 3.8) is 0 Å². The molecule has 3 fully saturated rings. The van der Waals surface area contributed by atoms with Crippen molar-refractivity contribution in [1.29, 1.82) is 0 Å². The minimum atomic E-state index is -0.343. The molecular formula is C23H35N3O2. The number of amides is 1. The van der Waals surface area contributed by atoms with Gasteiger partial charge in [-0.05, 0) is 31.4 Å². The molecule has 1 N–H and O–H groups in total. The van der Waals surface area contributed by atoms with Crippen molar-refractivity contribution in [2.24, 2.45) is 11.8 Å². The smallest absolute Gasteiger partial charge is 0.233 e. The third-order valence-corrected chi connectivity index (χ3v) is 7.38. The van der Waals surface area contributed by atoms with Crippen LogP contribution in [0.25, 0.3) is 0 Å². The molecule has 2 heterocycles. The highest BCUT2D eigenvalue weighted by Crippen LogP contribution is 2.43. The highest BCUT2D eigenvalue weighted by molar-refractivity contribution is 5.89. The summed E-state index contributed by atoms with van der Waals surface area (Å²) in [5.41, 5.74) is 0.838. The van der Waals surface area contributed by atoms with Crippen LogP contribution in [-0.2, 0) is 10.2 Å². The van der Waals surface area contributed by atoms with E-state index in [0.717, 1.165) is 65.0 Å². The number of aliphatic hydroxyl groups excluding tert-OH is 1. The Morgan fingerprint density at radius 2 is 1.68 bits per heavy atom. The first-order chi connectivity index (χ1) is 13.6. The molecule has 154 valence electrons. The Labute approximate surface area is 169 Å². The van der Waals surface area contributed by atoms with Crippen molar-refractivity contribution < 1.29 is 9.90 Å². The van der Waals surface area contributed by atoms with Gasteiger partial charge in [0.1, 0.15) is 0 Å². The second-order valence-corrected chi connectivity index (χ2v) is 9.17. The fourth-order valence-electron chi connectivity index (χ4n) is 5.54. The van der Waals surface area contributed by atoms with Gasteiger partial charge in [-0.3, -0.25) is 4.79 Å². The van der Waals surface area contributed by atoms with Crippen LogP contribution in [0.1, 0.15) is 31.2 Å². The molecule has 1 aromatic carbocycles. The summed E-state index contributed by atoms with van der Waals surface area (Å²) in [7, 11) is 2.18. The Morgan fingerprint density at radius 1 is 1.04 bits per heavy atom. The number of piperazine rings is 1. The van der Waals surface area contributed by atoms with Gasteiger partial charge in [-0.25, -0.2) is 0 Å². The number of hydrogen-bond donors (Lipinski definition) is 1. The molecule has 0 radical (unpaired) electrons. The SMILES string of the molecule is CN1CCN(C[C@@H]2CN(C(=O)C3(c4ccccc4)CCCC3)C[C@@H]2CO)CC1. The molecule has 1 aliphatic carbocycles. The molecule has 2 saturated heterocycles. The maximum absolute atomic E-state index is 13.7. The van der Waals surface area contributed by atoms with E-state index in [-0.39, 0.29) is 17.9 Å². The van der Waals surface area contributed by atoms with E-state index in [2.05, 4.69) is 46.0 Å². The first-order valence-electron chi connectivity index (χ1n) is 11.0. The second-order valence-electron chi connectivity index (χ2n) is 9.17. The number of benzene rings is 1. The lowest BCUT2D eigenvalue weighted by Gasteiger charge is -2.35. The van der Waals surface area contributed by atoms with E-state index < -0.39 is 0 Å². The van der Waals surface area contributed by atoms with Crippen LogP contribution in [0.5, 0.6) is 0 Å². The Kier molecular flexibility index (Phi) is 6.04. The third-order valence-electron chi connectivity index (χ3n) is 7.38. The molecule has 0 unspecified atom stereocenters. The van der Waals surface area contributed by atoms with Crippen molar-refractivity contribution in [1.82, 2.24) is 14.7 Å². The van der Waals surface area contributed by atoms with Gasteiger partial charge in [-0.15, -0.1) is 0 Å². The quantitative estimate of drug-likeness (QED) is 0.840. The maximum atomic E-state index is 13.7. The summed E-state index contributed by atoms with van der Waals surface area (Å²) in [6.45, 7) is 7.08. The van der Waals surface area contributed by atoms with Crippen LogP contribution < -0.4 is 0 Å². The number of carbonyl (C=O) groups excluding carboxylic acids is 1. The van der Waals surface area contributed by atoms with Crippen LogP contribution >= 0.6 is 0 Å². The lowest BCUT2D eigenvalue weighted by molar-refractivity contribution is -0.136. The second kappa shape index (κ2) is 8.52. The number of hydrogen-bond acceptors (Lipinski definition) is 4. The number of likely N-dealkylation sites (N-methyl/N-ethyl adjacent to an activating group) is 1. The molecule has 3 aliphatic rings. The first-order valence-corrected chi connectivity index (χ1v) is 11.0. The lowest BCUT2D eigenvalue weighted by Crippen LogP contribution is -2.47. The molecule has 0 bridgehead atoms. The van der Waals surface area contributed by atoms with Crippen molar-refractivity contribution in [2.45, 2.75) is 31.1 Å². The fraction of sp³-hybridized carbons (Fsp3) is 0.696. The van der Waals surface area contributed by atoms with E-state index in [1.165, 1.54) is 5.56 Å². The van der Waals surface area contributed by atoms with Gasteiger partial charge in [0.15, 0.2) is 0 Å². The van der Waals surface area contributed by atoms with E-state index in [4.69, 9.17) is 0 Å². The van der Waals surface area contributed by atoms with E-state index in [0.29, 0.717) is 18.4 Å². The normalized spacial score (nSPS) is 28.7. The number of carbonyl (C=O) groups is 1. The Hall–Kier alpha value is -1.43. The molecular weight excluding hydrogens is 350 g/mol. The van der Waals surface area contributed by atoms with Crippen LogP contribution in [0.2, 0.25) is 0 Å². The number of rotatable bonds is 5. The average Bonchev–Trinajstić information content (AvgIpc) is 3.38. The summed E-state index contributed by atoms with van der Waals surface area (Å²) < 4.78 is 0. The zero-order chi connectivity index (χ0) is 19.6. The molecule has 5 nitrogen and oxygen atoms in total. The Morgan fingerprint density at radius 3 is 2.32 bits per heavy atom. The van der Waals surface area contributed by atoms with Gasteiger partial charge in [-0.2, -0.15) is 0 Å². The molecule has 0 aromatic heterocycles. The number of likely N-dealkylation sites (tertiary alicyclic amines) is 1. The average molecular weight is 386 g/mol. The summed E-state index contributed by atoms with van der Waals surface area (Å²) >= 11 is 0. The van der Waals surface area contributed by atoms with Crippen LogP contribution in [0.15, 0.2) is 30.3 Å². The van der Waals surface area contributed by atoms with Gasteiger partial charge < -0.3 is 19.8 Å². The van der Waals surface area contributed by atoms with Crippen molar-refractivity contribution in [2.75, 3.05) is 59.5 Å². The van der Waals surface area contributed by atoms with Crippen molar-refractivity contribution in [3.05, 3.63) is 35.9 Å². The summed E-state index contributed by atoms with van der Waals surface area (Å²) in [6.07, 6.45) is 4.17. The molecule has 28 heavy (non-hydrogen) atoms. The third kappa shape index (κ3) is 3.85. The zero-order valence-corrected chi connectivity index (χ0v) is 17.2. The maximum Gasteiger partial charge on any atom is 0.233 e. The summed E-state index contributed by atoms with van der Waals surface area (Å²) in [5.74, 6) is 0.889. The molecule has 0 spiro atoms. The van der Waals surface area contributed by atoms with Crippen LogP contribution in [-0.4, -0.2) is 85.2 Å². The summed E-state index contributed by atoms with van der Waals surface area (Å²) in [4.78, 5) is 20.7. The molecule has 1 aromatic rings. The number of aliphatic hydroxyl groups is 1. The molecule has 2 aliphatic heterocycles. The minimum absolute atomic E-state index is 0.181. The molecule has 2 atom stereocenters. The van der Waals surface area contributed by atoms with E-state index in [1.807, 2.05) is 6.07 Å². The predicted octanol–water partition coefficient (Wildman–Crippen LogP) is 1.81. The van der Waals surface area contributed by atoms with Gasteiger partial charge in [0, 0.05) is 58.3 Å². The van der Waals surface area contributed by atoms with Gasteiger partial charge >= 0.3 is 0 Å². The highest BCUT2D eigenvalue weighted by Gasteiger charge is 2.47. The van der Waals surface area contributed by atoms with Crippen molar-refractivity contribution >= 4 is 5.91 Å². The van der Waals surface area contributed by atoms with E-state index in [1.54, 1.807) is 0 Å². The zero-order valence-electron chi connectivity index (χ0n) is 17.2. The first kappa shape index (κ1) is 19.9. The minimum Gasteiger partial charge on any atom is -0.396 e. The van der Waals surface area contributed by atoms with E-state index in [9.17, 15) is 9.90 Å². The lowest BCUT2D eigenvalue weighted by atomic mass is 9.77. The highest BCUT2D eigenvalue weighted by atomic mass is 16.3. The standard InChI is InChI=1S/C23H35N3O2/c1-24-11-13-25(14-12-24)15-19-16-26(17-20(19)18-27)22(28)23(9-5-6-10-23)21-7-3-2-4-8-21/h2-4,7-8,19-20,27H,5-6,9-18H2,1H3/t19-,20-/m1/s1. The van der Waals surface area contributed by atoms with E-state index >= 15 is 0 Å². The monoisotopic (exact) mass is 385 g/mol. The van der Waals surface area contributed by atoms with Gasteiger partial charge in [0.05, 0.1) is 5.41 Å². The molecule has 5 heteroatoms. The molecule has 1 amide bonds. The van der Waals surface area contributed by atoms with Gasteiger partial charge in [-0.1, -0.05) is 43.2 Å². The largest absolute Gasteiger partial charge is 0.396 e. The summed E-state index contributed by atoms with van der Waals surface area (Å²) in [6, 6.07) is 10.4. The topological polar surface area (TPSA) is 47.0 Å². The van der Waals surface area contributed by atoms with Gasteiger partial charge in [0.2, 0.25) is 5.91 Å². The summed E-state index contributed by atoms with van der Waals surface area (Å²) in [5, 5.41) is 9.99. The predicted molar refractivity (Wildman–Crippen MR) is 111 cm³/mol. The van der Waals surface area contributed by atoms with Crippen LogP contribution in [0.4, 0.5) is 0 Å². The molecule has 4 rings (SSSR count). The van der Waals surface area contributed by atoms with Crippen molar-refractivity contribution in [3.8, 4) is 0 Å². The van der Waals surface area contributed by atoms with Gasteiger partial charge in [0.25, 0.3) is 0 Å².